The molecule has 0 unspecified atom stereocenters. The minimum absolute atomic E-state index is 0.500. The Balaban J connectivity index is 1.98. The maximum atomic E-state index is 4.65. The van der Waals surface area contributed by atoms with E-state index in [-0.39, 0.29) is 0 Å². The minimum Gasteiger partial charge on any atom is -0.309 e. The molecular formula is C14H17BrN2S. The SMILES string of the molecule is CC(C)NCc1csc(Cc2cccc(Br)c2)n1. The van der Waals surface area contributed by atoms with Crippen molar-refractivity contribution in [2.75, 3.05) is 0 Å². The van der Waals surface area contributed by atoms with Crippen molar-refractivity contribution in [2.24, 2.45) is 0 Å². The van der Waals surface area contributed by atoms with Gasteiger partial charge in [-0.25, -0.2) is 4.98 Å². The number of thiazole rings is 1. The molecule has 2 nitrogen and oxygen atoms in total. The molecule has 0 saturated carbocycles. The van der Waals surface area contributed by atoms with Crippen LogP contribution in [0.25, 0.3) is 0 Å². The molecule has 0 bridgehead atoms. The average Bonchev–Trinajstić information content (AvgIpc) is 2.74. The van der Waals surface area contributed by atoms with E-state index in [0.29, 0.717) is 6.04 Å². The largest absolute Gasteiger partial charge is 0.309 e. The highest BCUT2D eigenvalue weighted by Crippen LogP contribution is 2.18. The molecule has 18 heavy (non-hydrogen) atoms. The van der Waals surface area contributed by atoms with E-state index in [1.54, 1.807) is 11.3 Å². The number of hydrogen-bond acceptors (Lipinski definition) is 3. The molecule has 4 heteroatoms. The summed E-state index contributed by atoms with van der Waals surface area (Å²) < 4.78 is 1.12. The van der Waals surface area contributed by atoms with Crippen molar-refractivity contribution in [1.29, 1.82) is 0 Å². The number of rotatable bonds is 5. The van der Waals surface area contributed by atoms with Gasteiger partial charge in [0.2, 0.25) is 0 Å². The lowest BCUT2D eigenvalue weighted by atomic mass is 10.2. The van der Waals surface area contributed by atoms with Crippen LogP contribution >= 0.6 is 27.3 Å². The molecule has 0 saturated heterocycles. The summed E-state index contributed by atoms with van der Waals surface area (Å²) in [7, 11) is 0. The Labute approximate surface area is 121 Å². The van der Waals surface area contributed by atoms with E-state index in [4.69, 9.17) is 0 Å². The average molecular weight is 325 g/mol. The molecule has 0 fully saturated rings. The summed E-state index contributed by atoms with van der Waals surface area (Å²) in [5.74, 6) is 0. The predicted octanol–water partition coefficient (Wildman–Crippen LogP) is 3.99. The van der Waals surface area contributed by atoms with Crippen LogP contribution < -0.4 is 5.32 Å². The van der Waals surface area contributed by atoms with Crippen LogP contribution in [0.5, 0.6) is 0 Å². The Morgan fingerprint density at radius 3 is 2.94 bits per heavy atom. The van der Waals surface area contributed by atoms with Gasteiger partial charge in [0.25, 0.3) is 0 Å². The number of nitrogens with zero attached hydrogens (tertiary/aromatic N) is 1. The van der Waals surface area contributed by atoms with E-state index >= 15 is 0 Å². The van der Waals surface area contributed by atoms with Gasteiger partial charge >= 0.3 is 0 Å². The van der Waals surface area contributed by atoms with Crippen LogP contribution in [-0.4, -0.2) is 11.0 Å². The summed E-state index contributed by atoms with van der Waals surface area (Å²) in [5.41, 5.74) is 2.43. The van der Waals surface area contributed by atoms with Crippen molar-refractivity contribution < 1.29 is 0 Å². The van der Waals surface area contributed by atoms with Crippen LogP contribution in [0, 0.1) is 0 Å². The molecule has 0 aliphatic carbocycles. The monoisotopic (exact) mass is 324 g/mol. The van der Waals surface area contributed by atoms with E-state index in [0.717, 1.165) is 23.1 Å². The molecule has 2 aromatic rings. The van der Waals surface area contributed by atoms with E-state index in [1.165, 1.54) is 10.6 Å². The molecule has 0 atom stereocenters. The summed E-state index contributed by atoms with van der Waals surface area (Å²) in [4.78, 5) is 4.65. The molecule has 1 heterocycles. The number of benzene rings is 1. The molecule has 0 spiro atoms. The Bertz CT molecular complexity index is 508. The lowest BCUT2D eigenvalue weighted by Gasteiger charge is -2.04. The molecule has 1 aromatic carbocycles. The lowest BCUT2D eigenvalue weighted by molar-refractivity contribution is 0.582. The van der Waals surface area contributed by atoms with Crippen LogP contribution in [0.15, 0.2) is 34.1 Å². The number of halogens is 1. The van der Waals surface area contributed by atoms with E-state index in [9.17, 15) is 0 Å². The van der Waals surface area contributed by atoms with Crippen molar-refractivity contribution in [3.63, 3.8) is 0 Å². The fourth-order valence-electron chi connectivity index (χ4n) is 1.64. The normalized spacial score (nSPS) is 11.1. The zero-order valence-electron chi connectivity index (χ0n) is 10.6. The van der Waals surface area contributed by atoms with Crippen LogP contribution in [0.2, 0.25) is 0 Å². The highest BCUT2D eigenvalue weighted by atomic mass is 79.9. The molecule has 1 N–H and O–H groups in total. The molecule has 0 aliphatic rings. The second kappa shape index (κ2) is 6.45. The Hall–Kier alpha value is -0.710. The van der Waals surface area contributed by atoms with E-state index in [1.807, 2.05) is 6.07 Å². The maximum Gasteiger partial charge on any atom is 0.0972 e. The zero-order chi connectivity index (χ0) is 13.0. The van der Waals surface area contributed by atoms with E-state index in [2.05, 4.69) is 63.7 Å². The van der Waals surface area contributed by atoms with Crippen LogP contribution in [0.1, 0.15) is 30.1 Å². The number of aromatic nitrogens is 1. The highest BCUT2D eigenvalue weighted by Gasteiger charge is 2.04. The molecule has 1 aromatic heterocycles. The first-order chi connectivity index (χ1) is 8.63. The third-order valence-electron chi connectivity index (χ3n) is 2.54. The van der Waals surface area contributed by atoms with Gasteiger partial charge in [-0.05, 0) is 17.7 Å². The third kappa shape index (κ3) is 4.19. The Kier molecular flexibility index (Phi) is 4.92. The number of hydrogen-bond donors (Lipinski definition) is 1. The molecule has 0 aliphatic heterocycles. The highest BCUT2D eigenvalue weighted by molar-refractivity contribution is 9.10. The van der Waals surface area contributed by atoms with Gasteiger partial charge in [-0.2, -0.15) is 0 Å². The summed E-state index contributed by atoms with van der Waals surface area (Å²) in [6, 6.07) is 8.89. The Morgan fingerprint density at radius 2 is 2.22 bits per heavy atom. The molecular weight excluding hydrogens is 308 g/mol. The molecule has 0 amide bonds. The van der Waals surface area contributed by atoms with Gasteiger partial charge in [0, 0.05) is 28.9 Å². The summed E-state index contributed by atoms with van der Waals surface area (Å²) in [6.45, 7) is 5.15. The van der Waals surface area contributed by atoms with Crippen LogP contribution in [0.4, 0.5) is 0 Å². The van der Waals surface area contributed by atoms with Crippen LogP contribution in [0.3, 0.4) is 0 Å². The van der Waals surface area contributed by atoms with Crippen molar-refractivity contribution in [1.82, 2.24) is 10.3 Å². The minimum atomic E-state index is 0.500. The zero-order valence-corrected chi connectivity index (χ0v) is 13.0. The summed E-state index contributed by atoms with van der Waals surface area (Å²) in [6.07, 6.45) is 0.909. The van der Waals surface area contributed by atoms with Gasteiger partial charge in [0.05, 0.1) is 10.7 Å². The fraction of sp³-hybridized carbons (Fsp3) is 0.357. The Morgan fingerprint density at radius 1 is 1.39 bits per heavy atom. The molecule has 0 radical (unpaired) electrons. The van der Waals surface area contributed by atoms with Crippen molar-refractivity contribution in [3.05, 3.63) is 50.4 Å². The van der Waals surface area contributed by atoms with E-state index < -0.39 is 0 Å². The predicted molar refractivity (Wildman–Crippen MR) is 81.0 cm³/mol. The fourth-order valence-corrected chi connectivity index (χ4v) is 2.92. The van der Waals surface area contributed by atoms with Crippen molar-refractivity contribution >= 4 is 27.3 Å². The van der Waals surface area contributed by atoms with Crippen molar-refractivity contribution in [3.8, 4) is 0 Å². The standard InChI is InChI=1S/C14H17BrN2S/c1-10(2)16-8-13-9-18-14(17-13)7-11-4-3-5-12(15)6-11/h3-6,9-10,16H,7-8H2,1-2H3. The van der Waals surface area contributed by atoms with Gasteiger partial charge in [0.15, 0.2) is 0 Å². The lowest BCUT2D eigenvalue weighted by Crippen LogP contribution is -2.21. The molecule has 96 valence electrons. The summed E-state index contributed by atoms with van der Waals surface area (Å²) in [5, 5.41) is 6.70. The summed E-state index contributed by atoms with van der Waals surface area (Å²) >= 11 is 5.23. The van der Waals surface area contributed by atoms with Crippen molar-refractivity contribution in [2.45, 2.75) is 32.9 Å². The third-order valence-corrected chi connectivity index (χ3v) is 3.93. The second-order valence-corrected chi connectivity index (χ2v) is 6.43. The maximum absolute atomic E-state index is 4.65. The first-order valence-electron chi connectivity index (χ1n) is 6.04. The second-order valence-electron chi connectivity index (χ2n) is 4.57. The quantitative estimate of drug-likeness (QED) is 0.899. The van der Waals surface area contributed by atoms with Gasteiger partial charge in [-0.3, -0.25) is 0 Å². The number of nitrogens with one attached hydrogen (secondary N) is 1. The topological polar surface area (TPSA) is 24.9 Å². The molecule has 2 rings (SSSR count). The first-order valence-corrected chi connectivity index (χ1v) is 7.72. The van der Waals surface area contributed by atoms with Gasteiger partial charge < -0.3 is 5.32 Å². The first kappa shape index (κ1) is 13.7. The van der Waals surface area contributed by atoms with Crippen LogP contribution in [-0.2, 0) is 13.0 Å². The van der Waals surface area contributed by atoms with Gasteiger partial charge in [0.1, 0.15) is 0 Å². The smallest absolute Gasteiger partial charge is 0.0972 e. The van der Waals surface area contributed by atoms with Gasteiger partial charge in [-0.15, -0.1) is 11.3 Å². The van der Waals surface area contributed by atoms with Gasteiger partial charge in [-0.1, -0.05) is 41.9 Å².